The highest BCUT2D eigenvalue weighted by molar-refractivity contribution is 7.83. The van der Waals surface area contributed by atoms with Gasteiger partial charge in [0.25, 0.3) is 0 Å². The first-order valence-electron chi connectivity index (χ1n) is 3.97. The Hall–Kier alpha value is 0.110. The molecule has 0 aromatic rings. The predicted octanol–water partition coefficient (Wildman–Crippen LogP) is 1.20. The van der Waals surface area contributed by atoms with Crippen molar-refractivity contribution in [1.29, 1.82) is 0 Å². The third-order valence-corrected chi connectivity index (χ3v) is 3.06. The van der Waals surface area contributed by atoms with Crippen molar-refractivity contribution in [1.82, 2.24) is 4.72 Å². The van der Waals surface area contributed by atoms with Crippen LogP contribution in [0, 0.1) is 0 Å². The van der Waals surface area contributed by atoms with Crippen LogP contribution in [0.1, 0.15) is 32.6 Å². The minimum atomic E-state index is -0.706. The molecule has 3 heteroatoms. The molecule has 1 fully saturated rings. The number of hydrogen-bond donors (Lipinski definition) is 1. The lowest BCUT2D eigenvalue weighted by molar-refractivity contribution is 0.553. The molecule has 10 heavy (non-hydrogen) atoms. The van der Waals surface area contributed by atoms with Crippen LogP contribution < -0.4 is 4.72 Å². The van der Waals surface area contributed by atoms with E-state index in [4.69, 9.17) is 0 Å². The van der Waals surface area contributed by atoms with Crippen LogP contribution >= 0.6 is 0 Å². The molecule has 1 rings (SSSR count). The summed E-state index contributed by atoms with van der Waals surface area (Å²) in [7, 11) is -0.706. The summed E-state index contributed by atoms with van der Waals surface area (Å²) < 4.78 is 13.9. The third kappa shape index (κ3) is 2.39. The van der Waals surface area contributed by atoms with E-state index in [1.807, 2.05) is 0 Å². The van der Waals surface area contributed by atoms with E-state index in [2.05, 4.69) is 11.6 Å². The lowest BCUT2D eigenvalue weighted by Gasteiger charge is -2.05. The van der Waals surface area contributed by atoms with Crippen LogP contribution in [0.25, 0.3) is 0 Å². The summed E-state index contributed by atoms with van der Waals surface area (Å²) in [6.07, 6.45) is 4.80. The Bertz CT molecular complexity index is 127. The zero-order chi connectivity index (χ0) is 7.40. The maximum Gasteiger partial charge on any atom is 0.0918 e. The molecule has 0 bridgehead atoms. The van der Waals surface area contributed by atoms with Crippen LogP contribution in [0.2, 0.25) is 0 Å². The van der Waals surface area contributed by atoms with Crippen molar-refractivity contribution in [2.24, 2.45) is 0 Å². The third-order valence-electron chi connectivity index (χ3n) is 1.86. The van der Waals surface area contributed by atoms with Gasteiger partial charge in [0.05, 0.1) is 11.0 Å². The van der Waals surface area contributed by atoms with Crippen LogP contribution in [0.5, 0.6) is 0 Å². The molecule has 60 valence electrons. The van der Waals surface area contributed by atoms with Gasteiger partial charge < -0.3 is 0 Å². The molecule has 2 atom stereocenters. The smallest absolute Gasteiger partial charge is 0.0918 e. The molecule has 2 unspecified atom stereocenters. The minimum Gasteiger partial charge on any atom is -0.243 e. The molecule has 0 aromatic heterocycles. The maximum atomic E-state index is 10.8. The Balaban J connectivity index is 2.12. The average Bonchev–Trinajstić information content (AvgIpc) is 2.31. The Morgan fingerprint density at radius 2 is 2.50 bits per heavy atom. The Labute approximate surface area is 65.0 Å². The van der Waals surface area contributed by atoms with Crippen molar-refractivity contribution >= 4 is 11.0 Å². The van der Waals surface area contributed by atoms with E-state index in [-0.39, 0.29) is 0 Å². The molecule has 1 saturated heterocycles. The first-order chi connectivity index (χ1) is 4.83. The van der Waals surface area contributed by atoms with Crippen LogP contribution in [-0.2, 0) is 11.0 Å². The highest BCUT2D eigenvalue weighted by Crippen LogP contribution is 2.10. The van der Waals surface area contributed by atoms with Gasteiger partial charge in [-0.15, -0.1) is 0 Å². The molecule has 1 aliphatic rings. The summed E-state index contributed by atoms with van der Waals surface area (Å²) in [4.78, 5) is 0. The summed E-state index contributed by atoms with van der Waals surface area (Å²) in [5.41, 5.74) is 0. The van der Waals surface area contributed by atoms with E-state index in [1.54, 1.807) is 0 Å². The lowest BCUT2D eigenvalue weighted by atomic mass is 10.1. The van der Waals surface area contributed by atoms with Crippen LogP contribution in [0.15, 0.2) is 0 Å². The van der Waals surface area contributed by atoms with Crippen molar-refractivity contribution in [2.45, 2.75) is 38.6 Å². The topological polar surface area (TPSA) is 29.1 Å². The Morgan fingerprint density at radius 1 is 1.70 bits per heavy atom. The predicted molar refractivity (Wildman–Crippen MR) is 44.1 cm³/mol. The number of hydrogen-bond acceptors (Lipinski definition) is 1. The van der Waals surface area contributed by atoms with Crippen molar-refractivity contribution in [2.75, 3.05) is 5.75 Å². The zero-order valence-corrected chi connectivity index (χ0v) is 7.25. The van der Waals surface area contributed by atoms with Gasteiger partial charge in [-0.3, -0.25) is 0 Å². The van der Waals surface area contributed by atoms with E-state index in [0.29, 0.717) is 6.04 Å². The number of nitrogens with one attached hydrogen (secondary N) is 1. The van der Waals surface area contributed by atoms with Gasteiger partial charge in [-0.2, -0.15) is 0 Å². The summed E-state index contributed by atoms with van der Waals surface area (Å²) in [5.74, 6) is 0.856. The fraction of sp³-hybridized carbons (Fsp3) is 1.00. The van der Waals surface area contributed by atoms with Crippen molar-refractivity contribution in [3.63, 3.8) is 0 Å². The lowest BCUT2D eigenvalue weighted by Crippen LogP contribution is -2.21. The maximum absolute atomic E-state index is 10.8. The van der Waals surface area contributed by atoms with Gasteiger partial charge in [0, 0.05) is 11.8 Å². The molecule has 1 N–H and O–H groups in total. The fourth-order valence-electron chi connectivity index (χ4n) is 1.21. The average molecular weight is 161 g/mol. The standard InChI is InChI=1S/C7H15NOS/c1-2-3-4-7-5-6-10(9)8-7/h7-8H,2-6H2,1H3. The van der Waals surface area contributed by atoms with E-state index < -0.39 is 11.0 Å². The quantitative estimate of drug-likeness (QED) is 0.662. The summed E-state index contributed by atoms with van der Waals surface area (Å²) >= 11 is 0. The fourth-order valence-corrected chi connectivity index (χ4v) is 2.43. The molecule has 0 radical (unpaired) electrons. The van der Waals surface area contributed by atoms with E-state index >= 15 is 0 Å². The molecule has 0 spiro atoms. The Morgan fingerprint density at radius 3 is 3.00 bits per heavy atom. The van der Waals surface area contributed by atoms with Gasteiger partial charge in [-0.05, 0) is 12.8 Å². The largest absolute Gasteiger partial charge is 0.243 e. The second-order valence-electron chi connectivity index (χ2n) is 2.80. The second-order valence-corrected chi connectivity index (χ2v) is 4.13. The minimum absolute atomic E-state index is 0.542. The van der Waals surface area contributed by atoms with Crippen molar-refractivity contribution in [3.8, 4) is 0 Å². The molecular weight excluding hydrogens is 146 g/mol. The first-order valence-corrected chi connectivity index (χ1v) is 5.29. The molecule has 1 heterocycles. The van der Waals surface area contributed by atoms with Crippen LogP contribution in [0.4, 0.5) is 0 Å². The van der Waals surface area contributed by atoms with Crippen molar-refractivity contribution < 1.29 is 4.21 Å². The first kappa shape index (κ1) is 8.21. The van der Waals surface area contributed by atoms with E-state index in [9.17, 15) is 4.21 Å². The molecule has 2 nitrogen and oxygen atoms in total. The normalized spacial score (nSPS) is 32.9. The molecule has 0 saturated carbocycles. The van der Waals surface area contributed by atoms with Gasteiger partial charge >= 0.3 is 0 Å². The summed E-state index contributed by atoms with van der Waals surface area (Å²) in [6.45, 7) is 2.19. The van der Waals surface area contributed by atoms with Crippen molar-refractivity contribution in [3.05, 3.63) is 0 Å². The van der Waals surface area contributed by atoms with Gasteiger partial charge in [0.1, 0.15) is 0 Å². The summed E-state index contributed by atoms with van der Waals surface area (Å²) in [6, 6.07) is 0.542. The van der Waals surface area contributed by atoms with Gasteiger partial charge in [-0.25, -0.2) is 8.93 Å². The molecular formula is C7H15NOS. The molecule has 0 amide bonds. The van der Waals surface area contributed by atoms with E-state index in [0.717, 1.165) is 12.2 Å². The summed E-state index contributed by atoms with van der Waals surface area (Å²) in [5, 5.41) is 0. The number of unbranched alkanes of at least 4 members (excludes halogenated alkanes) is 1. The molecule has 1 aliphatic heterocycles. The second kappa shape index (κ2) is 4.09. The Kier molecular flexibility index (Phi) is 3.35. The van der Waals surface area contributed by atoms with E-state index in [1.165, 1.54) is 19.3 Å². The van der Waals surface area contributed by atoms with Gasteiger partial charge in [-0.1, -0.05) is 19.8 Å². The van der Waals surface area contributed by atoms with Gasteiger partial charge in [0.15, 0.2) is 0 Å². The molecule has 0 aliphatic carbocycles. The zero-order valence-electron chi connectivity index (χ0n) is 6.43. The highest BCUT2D eigenvalue weighted by atomic mass is 32.2. The monoisotopic (exact) mass is 161 g/mol. The SMILES string of the molecule is CCCCC1CCS(=O)N1. The van der Waals surface area contributed by atoms with Crippen LogP contribution in [-0.4, -0.2) is 16.0 Å². The van der Waals surface area contributed by atoms with Crippen LogP contribution in [0.3, 0.4) is 0 Å². The van der Waals surface area contributed by atoms with Gasteiger partial charge in [0.2, 0.25) is 0 Å². The number of rotatable bonds is 3. The molecule has 0 aromatic carbocycles. The highest BCUT2D eigenvalue weighted by Gasteiger charge is 2.18.